The second kappa shape index (κ2) is 20.7. The maximum atomic E-state index is 14.9. The van der Waals surface area contributed by atoms with E-state index in [0.717, 1.165) is 22.8 Å². The molecule has 0 heterocycles. The molecule has 10 heteroatoms. The van der Waals surface area contributed by atoms with Crippen molar-refractivity contribution in [2.45, 2.75) is 76.8 Å². The first-order valence-corrected chi connectivity index (χ1v) is 18.9. The molecule has 0 fully saturated rings. The van der Waals surface area contributed by atoms with Crippen LogP contribution in [-0.4, -0.2) is 75.8 Å². The summed E-state index contributed by atoms with van der Waals surface area (Å²) in [6.07, 6.45) is -2.91. The van der Waals surface area contributed by atoms with Crippen LogP contribution >= 0.6 is 0 Å². The summed E-state index contributed by atoms with van der Waals surface area (Å²) in [5.41, 5.74) is 2.22. The Balaban J connectivity index is 1.63. The Bertz CT molecular complexity index is 1840. The van der Waals surface area contributed by atoms with E-state index in [1.807, 2.05) is 109 Å². The van der Waals surface area contributed by atoms with Crippen LogP contribution in [0.1, 0.15) is 43.0 Å². The minimum Gasteiger partial charge on any atom is -0.491 e. The molecule has 0 unspecified atom stereocenters. The Morgan fingerprint density at radius 3 is 1.70 bits per heavy atom. The molecule has 0 bridgehead atoms. The number of amides is 1. The smallest absolute Gasteiger partial charge is 0.410 e. The normalized spacial score (nSPS) is 13.8. The average molecular weight is 767 g/mol. The van der Waals surface area contributed by atoms with Gasteiger partial charge in [0.2, 0.25) is 0 Å². The Morgan fingerprint density at radius 1 is 0.696 bits per heavy atom. The van der Waals surface area contributed by atoms with Gasteiger partial charge < -0.3 is 24.4 Å². The van der Waals surface area contributed by atoms with Gasteiger partial charge in [-0.2, -0.15) is 0 Å². The molecule has 296 valence electrons. The number of rotatable bonds is 19. The van der Waals surface area contributed by atoms with Crippen LogP contribution < -0.4 is 4.74 Å². The van der Waals surface area contributed by atoms with Gasteiger partial charge in [0.05, 0.1) is 31.9 Å². The lowest BCUT2D eigenvalue weighted by Gasteiger charge is -2.44. The number of aliphatic hydroxyl groups excluding tert-OH is 2. The maximum absolute atomic E-state index is 14.9. The van der Waals surface area contributed by atoms with Crippen LogP contribution in [0.4, 0.5) is 13.6 Å². The molecular weight excluding hydrogens is 715 g/mol. The lowest BCUT2D eigenvalue weighted by molar-refractivity contribution is -0.0955. The molecule has 56 heavy (non-hydrogen) atoms. The van der Waals surface area contributed by atoms with Crippen molar-refractivity contribution in [1.82, 2.24) is 9.80 Å². The fraction of sp³-hybridized carbons (Fsp3) is 0.326. The van der Waals surface area contributed by atoms with Gasteiger partial charge in [0.25, 0.3) is 0 Å². The number of aliphatic hydroxyl groups is 2. The van der Waals surface area contributed by atoms with Crippen LogP contribution in [0.5, 0.6) is 5.75 Å². The molecule has 5 aromatic carbocycles. The van der Waals surface area contributed by atoms with E-state index in [1.54, 1.807) is 32.9 Å². The van der Waals surface area contributed by atoms with E-state index in [9.17, 15) is 23.8 Å². The number of hydrogen-bond acceptors (Lipinski definition) is 7. The van der Waals surface area contributed by atoms with E-state index in [-0.39, 0.29) is 26.2 Å². The molecular formula is C46H52F2N2O6. The largest absolute Gasteiger partial charge is 0.491 e. The highest BCUT2D eigenvalue weighted by Gasteiger charge is 2.41. The van der Waals surface area contributed by atoms with Crippen LogP contribution in [0, 0.1) is 11.6 Å². The van der Waals surface area contributed by atoms with Crippen LogP contribution in [0.15, 0.2) is 140 Å². The van der Waals surface area contributed by atoms with Gasteiger partial charge >= 0.3 is 6.09 Å². The van der Waals surface area contributed by atoms with Crippen molar-refractivity contribution in [3.05, 3.63) is 173 Å². The van der Waals surface area contributed by atoms with Gasteiger partial charge in [-0.1, -0.05) is 109 Å². The SMILES string of the molecule is CC(C)(C)OC(=O)N(C[C@@H](O)COc1ccccc1)[C@H](CO)[C@H](OCc1ccccc1)[C@H](Cc1cc(F)cc(F)c1)N(Cc1ccccc1)Cc1ccccc1. The minimum absolute atomic E-state index is 0.0755. The quantitative estimate of drug-likeness (QED) is 0.0876. The molecule has 0 aromatic heterocycles. The topological polar surface area (TPSA) is 91.7 Å². The number of carbonyl (C=O) groups excluding carboxylic acids is 1. The van der Waals surface area contributed by atoms with E-state index in [0.29, 0.717) is 24.4 Å². The van der Waals surface area contributed by atoms with Crippen LogP contribution in [-0.2, 0) is 35.6 Å². The highest BCUT2D eigenvalue weighted by Crippen LogP contribution is 2.28. The molecule has 2 N–H and O–H groups in total. The molecule has 0 spiro atoms. The fourth-order valence-corrected chi connectivity index (χ4v) is 6.63. The highest BCUT2D eigenvalue weighted by atomic mass is 19.1. The van der Waals surface area contributed by atoms with E-state index in [2.05, 4.69) is 4.90 Å². The molecule has 5 rings (SSSR count). The third-order valence-corrected chi connectivity index (χ3v) is 9.15. The van der Waals surface area contributed by atoms with Gasteiger partial charge in [0.15, 0.2) is 0 Å². The minimum atomic E-state index is -1.20. The monoisotopic (exact) mass is 766 g/mol. The maximum Gasteiger partial charge on any atom is 0.410 e. The zero-order valence-corrected chi connectivity index (χ0v) is 32.2. The van der Waals surface area contributed by atoms with Crippen LogP contribution in [0.2, 0.25) is 0 Å². The Kier molecular flexibility index (Phi) is 15.5. The average Bonchev–Trinajstić information content (AvgIpc) is 3.17. The summed E-state index contributed by atoms with van der Waals surface area (Å²) >= 11 is 0. The molecule has 0 aliphatic heterocycles. The number of nitrogens with zero attached hydrogens (tertiary/aromatic N) is 2. The van der Waals surface area contributed by atoms with Crippen LogP contribution in [0.25, 0.3) is 0 Å². The van der Waals surface area contributed by atoms with Crippen molar-refractivity contribution in [1.29, 1.82) is 0 Å². The molecule has 1 amide bonds. The predicted octanol–water partition coefficient (Wildman–Crippen LogP) is 8.20. The van der Waals surface area contributed by atoms with E-state index >= 15 is 0 Å². The van der Waals surface area contributed by atoms with Gasteiger partial charge in [0.1, 0.15) is 35.7 Å². The van der Waals surface area contributed by atoms with Crippen molar-refractivity contribution in [3.63, 3.8) is 0 Å². The van der Waals surface area contributed by atoms with Crippen molar-refractivity contribution >= 4 is 6.09 Å². The van der Waals surface area contributed by atoms with E-state index < -0.39 is 54.2 Å². The molecule has 5 aromatic rings. The summed E-state index contributed by atoms with van der Waals surface area (Å²) in [7, 11) is 0. The molecule has 0 saturated carbocycles. The standard InChI is InChI=1S/C46H52F2N2O6/c1-46(2,3)56-45(53)50(30-40(52)33-54-41-22-14-7-15-23-41)43(31-51)44(55-32-36-20-12-6-13-21-36)42(26-37-24-38(47)27-39(48)25-37)49(28-34-16-8-4-9-17-34)29-35-18-10-5-11-19-35/h4-25,27,40,42-44,51-52H,26,28-33H2,1-3H3/t40-,42+,43-,44-/m1/s1. The van der Waals surface area contributed by atoms with Gasteiger partial charge in [-0.25, -0.2) is 13.6 Å². The zero-order chi connectivity index (χ0) is 39.9. The third kappa shape index (κ3) is 13.3. The molecule has 0 aliphatic rings. The highest BCUT2D eigenvalue weighted by molar-refractivity contribution is 5.68. The van der Waals surface area contributed by atoms with Gasteiger partial charge in [-0.3, -0.25) is 9.80 Å². The first-order valence-electron chi connectivity index (χ1n) is 18.9. The zero-order valence-electron chi connectivity index (χ0n) is 32.2. The van der Waals surface area contributed by atoms with E-state index in [4.69, 9.17) is 14.2 Å². The summed E-state index contributed by atoms with van der Waals surface area (Å²) in [5, 5.41) is 22.8. The van der Waals surface area contributed by atoms with E-state index in [1.165, 1.54) is 17.0 Å². The molecule has 8 nitrogen and oxygen atoms in total. The number of ether oxygens (including phenoxy) is 3. The summed E-state index contributed by atoms with van der Waals surface area (Å²) in [6.45, 7) is 5.04. The molecule has 0 radical (unpaired) electrons. The number of carbonyl (C=O) groups is 1. The Morgan fingerprint density at radius 2 is 1.20 bits per heavy atom. The Labute approximate surface area is 328 Å². The second-order valence-electron chi connectivity index (χ2n) is 14.8. The first-order chi connectivity index (χ1) is 27.0. The molecule has 4 atom stereocenters. The molecule has 0 aliphatic carbocycles. The van der Waals surface area contributed by atoms with Gasteiger partial charge in [-0.05, 0) is 73.7 Å². The van der Waals surface area contributed by atoms with Crippen molar-refractivity contribution in [2.24, 2.45) is 0 Å². The summed E-state index contributed by atoms with van der Waals surface area (Å²) < 4.78 is 48.3. The van der Waals surface area contributed by atoms with Crippen LogP contribution in [0.3, 0.4) is 0 Å². The third-order valence-electron chi connectivity index (χ3n) is 9.15. The summed E-state index contributed by atoms with van der Waals surface area (Å²) in [6, 6.07) is 39.7. The first kappa shape index (κ1) is 42.0. The van der Waals surface area contributed by atoms with Crippen molar-refractivity contribution in [3.8, 4) is 5.75 Å². The lowest BCUT2D eigenvalue weighted by Crippen LogP contribution is -2.60. The second-order valence-corrected chi connectivity index (χ2v) is 14.8. The number of para-hydroxylation sites is 1. The fourth-order valence-electron chi connectivity index (χ4n) is 6.63. The number of benzene rings is 5. The summed E-state index contributed by atoms with van der Waals surface area (Å²) in [4.78, 5) is 17.7. The predicted molar refractivity (Wildman–Crippen MR) is 213 cm³/mol. The Hall–Kier alpha value is -5.13. The number of halogens is 2. The van der Waals surface area contributed by atoms with Gasteiger partial charge in [0, 0.05) is 25.2 Å². The lowest BCUT2D eigenvalue weighted by atomic mass is 9.92. The molecule has 0 saturated heterocycles. The van der Waals surface area contributed by atoms with Crippen molar-refractivity contribution in [2.75, 3.05) is 19.8 Å². The van der Waals surface area contributed by atoms with Crippen molar-refractivity contribution < 1.29 is 38.0 Å². The van der Waals surface area contributed by atoms with Gasteiger partial charge in [-0.15, -0.1) is 0 Å². The summed E-state index contributed by atoms with van der Waals surface area (Å²) in [5.74, 6) is -0.916. The number of hydrogen-bond donors (Lipinski definition) is 2.